The van der Waals surface area contributed by atoms with Crippen LogP contribution in [0, 0.1) is 41.5 Å². The van der Waals surface area contributed by atoms with Gasteiger partial charge in [0.05, 0.1) is 9.79 Å². The van der Waals surface area contributed by atoms with Crippen molar-refractivity contribution >= 4 is 20.0 Å². The van der Waals surface area contributed by atoms with Crippen molar-refractivity contribution in [1.82, 2.24) is 8.61 Å². The first-order chi connectivity index (χ1) is 13.9. The van der Waals surface area contributed by atoms with Gasteiger partial charge in [0, 0.05) is 26.2 Å². The molecule has 164 valence electrons. The fraction of sp³-hybridized carbons (Fsp3) is 0.455. The minimum atomic E-state index is -3.67. The first-order valence-corrected chi connectivity index (χ1v) is 12.9. The molecule has 2 aromatic rings. The van der Waals surface area contributed by atoms with E-state index in [2.05, 4.69) is 0 Å². The van der Waals surface area contributed by atoms with E-state index in [1.807, 2.05) is 39.8 Å². The summed E-state index contributed by atoms with van der Waals surface area (Å²) in [5, 5.41) is 0. The zero-order chi connectivity index (χ0) is 22.4. The van der Waals surface area contributed by atoms with Crippen molar-refractivity contribution in [2.24, 2.45) is 0 Å². The molecule has 3 rings (SSSR count). The maximum atomic E-state index is 13.2. The summed E-state index contributed by atoms with van der Waals surface area (Å²) in [6, 6.07) is 7.18. The lowest BCUT2D eigenvalue weighted by Crippen LogP contribution is -2.50. The van der Waals surface area contributed by atoms with Gasteiger partial charge in [-0.25, -0.2) is 16.8 Å². The summed E-state index contributed by atoms with van der Waals surface area (Å²) in [5.74, 6) is 0. The Balaban J connectivity index is 1.84. The van der Waals surface area contributed by atoms with Crippen molar-refractivity contribution in [3.63, 3.8) is 0 Å². The highest BCUT2D eigenvalue weighted by Crippen LogP contribution is 2.27. The first kappa shape index (κ1) is 22.9. The van der Waals surface area contributed by atoms with E-state index in [-0.39, 0.29) is 26.2 Å². The van der Waals surface area contributed by atoms with Crippen molar-refractivity contribution in [1.29, 1.82) is 0 Å². The Labute approximate surface area is 180 Å². The number of hydrogen-bond acceptors (Lipinski definition) is 4. The Hall–Kier alpha value is -1.74. The number of sulfonamides is 2. The SMILES string of the molecule is Cc1cc(C)c(S(=O)(=O)N2CCN(S(=O)(=O)c3cc(C)c(C)cc3C)CC2)cc1C. The second kappa shape index (κ2) is 8.07. The fourth-order valence-corrected chi connectivity index (χ4v) is 7.28. The van der Waals surface area contributed by atoms with Crippen LogP contribution in [0.3, 0.4) is 0 Å². The second-order valence-corrected chi connectivity index (χ2v) is 12.0. The molecule has 1 saturated heterocycles. The van der Waals surface area contributed by atoms with Crippen molar-refractivity contribution in [2.45, 2.75) is 51.3 Å². The zero-order valence-corrected chi connectivity index (χ0v) is 20.1. The molecule has 8 heteroatoms. The predicted octanol–water partition coefficient (Wildman–Crippen LogP) is 3.23. The lowest BCUT2D eigenvalue weighted by atomic mass is 10.1. The summed E-state index contributed by atoms with van der Waals surface area (Å²) < 4.78 is 55.6. The van der Waals surface area contributed by atoms with Gasteiger partial charge in [-0.1, -0.05) is 12.1 Å². The normalized spacial score (nSPS) is 16.7. The highest BCUT2D eigenvalue weighted by Gasteiger charge is 2.35. The van der Waals surface area contributed by atoms with Crippen LogP contribution in [0.2, 0.25) is 0 Å². The highest BCUT2D eigenvalue weighted by atomic mass is 32.2. The minimum absolute atomic E-state index is 0.137. The van der Waals surface area contributed by atoms with Gasteiger partial charge in [-0.15, -0.1) is 0 Å². The van der Waals surface area contributed by atoms with Crippen LogP contribution < -0.4 is 0 Å². The second-order valence-electron chi connectivity index (χ2n) is 8.21. The molecule has 0 atom stereocenters. The molecule has 0 aromatic heterocycles. The molecule has 0 N–H and O–H groups in total. The van der Waals surface area contributed by atoms with Crippen LogP contribution in [-0.4, -0.2) is 51.6 Å². The quantitative estimate of drug-likeness (QED) is 0.717. The van der Waals surface area contributed by atoms with Crippen LogP contribution in [0.25, 0.3) is 0 Å². The average molecular weight is 451 g/mol. The van der Waals surface area contributed by atoms with Gasteiger partial charge in [0.1, 0.15) is 0 Å². The van der Waals surface area contributed by atoms with E-state index in [1.165, 1.54) is 8.61 Å². The van der Waals surface area contributed by atoms with Crippen LogP contribution in [0.1, 0.15) is 33.4 Å². The molecular weight excluding hydrogens is 420 g/mol. The fourth-order valence-electron chi connectivity index (χ4n) is 3.85. The molecular formula is C22H30N2O4S2. The van der Waals surface area contributed by atoms with Gasteiger partial charge in [-0.3, -0.25) is 0 Å². The van der Waals surface area contributed by atoms with Crippen molar-refractivity contribution in [2.75, 3.05) is 26.2 Å². The molecule has 0 amide bonds. The Morgan fingerprint density at radius 2 is 0.767 bits per heavy atom. The van der Waals surface area contributed by atoms with Crippen LogP contribution in [-0.2, 0) is 20.0 Å². The molecule has 0 radical (unpaired) electrons. The zero-order valence-electron chi connectivity index (χ0n) is 18.5. The summed E-state index contributed by atoms with van der Waals surface area (Å²) in [4.78, 5) is 0.596. The van der Waals surface area contributed by atoms with E-state index in [1.54, 1.807) is 26.0 Å². The maximum absolute atomic E-state index is 13.2. The molecule has 6 nitrogen and oxygen atoms in total. The predicted molar refractivity (Wildman–Crippen MR) is 119 cm³/mol. The Bertz CT molecular complexity index is 1100. The van der Waals surface area contributed by atoms with Gasteiger partial charge in [0.15, 0.2) is 0 Å². The van der Waals surface area contributed by atoms with E-state index in [9.17, 15) is 16.8 Å². The van der Waals surface area contributed by atoms with E-state index < -0.39 is 20.0 Å². The summed E-state index contributed by atoms with van der Waals surface area (Å²) >= 11 is 0. The third-order valence-corrected chi connectivity index (χ3v) is 10.1. The number of aryl methyl sites for hydroxylation is 6. The topological polar surface area (TPSA) is 74.8 Å². The molecule has 0 spiro atoms. The summed E-state index contributed by atoms with van der Waals surface area (Å²) in [7, 11) is -7.35. The Kier molecular flexibility index (Phi) is 6.17. The molecule has 1 fully saturated rings. The summed E-state index contributed by atoms with van der Waals surface area (Å²) in [5.41, 5.74) is 5.35. The van der Waals surface area contributed by atoms with Gasteiger partial charge in [0.25, 0.3) is 0 Å². The van der Waals surface area contributed by atoms with Gasteiger partial charge in [-0.2, -0.15) is 8.61 Å². The average Bonchev–Trinajstić information content (AvgIpc) is 2.67. The monoisotopic (exact) mass is 450 g/mol. The van der Waals surface area contributed by atoms with Crippen LogP contribution in [0.4, 0.5) is 0 Å². The summed E-state index contributed by atoms with van der Waals surface area (Å²) in [6.07, 6.45) is 0. The largest absolute Gasteiger partial charge is 0.243 e. The van der Waals surface area contributed by atoms with Gasteiger partial charge in [0.2, 0.25) is 20.0 Å². The molecule has 0 unspecified atom stereocenters. The Morgan fingerprint density at radius 1 is 0.500 bits per heavy atom. The lowest BCUT2D eigenvalue weighted by Gasteiger charge is -2.34. The van der Waals surface area contributed by atoms with Crippen LogP contribution in [0.5, 0.6) is 0 Å². The molecule has 0 bridgehead atoms. The van der Waals surface area contributed by atoms with E-state index in [0.717, 1.165) is 22.3 Å². The Morgan fingerprint density at radius 3 is 1.07 bits per heavy atom. The van der Waals surface area contributed by atoms with Crippen LogP contribution >= 0.6 is 0 Å². The maximum Gasteiger partial charge on any atom is 0.243 e. The van der Waals surface area contributed by atoms with Crippen LogP contribution in [0.15, 0.2) is 34.1 Å². The molecule has 30 heavy (non-hydrogen) atoms. The lowest BCUT2D eigenvalue weighted by molar-refractivity contribution is 0.272. The number of rotatable bonds is 4. The molecule has 1 aliphatic rings. The smallest absolute Gasteiger partial charge is 0.207 e. The molecule has 0 aliphatic carbocycles. The van der Waals surface area contributed by atoms with E-state index in [4.69, 9.17) is 0 Å². The first-order valence-electron chi connectivity index (χ1n) is 10.0. The molecule has 2 aromatic carbocycles. The van der Waals surface area contributed by atoms with Gasteiger partial charge in [-0.05, 0) is 87.1 Å². The van der Waals surface area contributed by atoms with Crippen molar-refractivity contribution < 1.29 is 16.8 Å². The van der Waals surface area contributed by atoms with Crippen molar-refractivity contribution in [3.8, 4) is 0 Å². The standard InChI is InChI=1S/C22H30N2O4S2/c1-15-11-19(5)21(13-17(15)3)29(25,26)23-7-9-24(10-8-23)30(27,28)22-14-18(4)16(2)12-20(22)6/h11-14H,7-10H2,1-6H3. The van der Waals surface area contributed by atoms with Gasteiger partial charge < -0.3 is 0 Å². The molecule has 1 aliphatic heterocycles. The number of hydrogen-bond donors (Lipinski definition) is 0. The third kappa shape index (κ3) is 4.06. The number of benzene rings is 2. The molecule has 1 heterocycles. The van der Waals surface area contributed by atoms with Gasteiger partial charge >= 0.3 is 0 Å². The van der Waals surface area contributed by atoms with Crippen molar-refractivity contribution in [3.05, 3.63) is 57.6 Å². The molecule has 0 saturated carbocycles. The summed E-state index contributed by atoms with van der Waals surface area (Å²) in [6.45, 7) is 11.8. The third-order valence-electron chi connectivity index (χ3n) is 6.02. The number of nitrogens with zero attached hydrogens (tertiary/aromatic N) is 2. The van der Waals surface area contributed by atoms with E-state index in [0.29, 0.717) is 20.9 Å². The number of piperazine rings is 1. The highest BCUT2D eigenvalue weighted by molar-refractivity contribution is 7.89. The van der Waals surface area contributed by atoms with E-state index >= 15 is 0 Å². The minimum Gasteiger partial charge on any atom is -0.207 e.